The number of hydrogen-bond donors (Lipinski definition) is 1. The molecule has 0 amide bonds. The molecule has 0 bridgehead atoms. The van der Waals surface area contributed by atoms with Crippen molar-refractivity contribution >= 4 is 5.97 Å². The quantitative estimate of drug-likeness (QED) is 0.850. The Hall–Kier alpha value is -1.72. The van der Waals surface area contributed by atoms with Gasteiger partial charge >= 0.3 is 12.6 Å². The molecule has 0 fully saturated rings. The summed E-state index contributed by atoms with van der Waals surface area (Å²) in [5, 5.41) is 8.65. The molecule has 0 aliphatic rings. The minimum absolute atomic E-state index is 0.254. The van der Waals surface area contributed by atoms with Gasteiger partial charge in [-0.1, -0.05) is 0 Å². The van der Waals surface area contributed by atoms with Gasteiger partial charge in [-0.25, -0.2) is 9.18 Å². The maximum atomic E-state index is 13.0. The molecule has 3 nitrogen and oxygen atoms in total. The van der Waals surface area contributed by atoms with E-state index in [0.29, 0.717) is 0 Å². The Balaban J connectivity index is 3.28. The van der Waals surface area contributed by atoms with Gasteiger partial charge in [-0.15, -0.1) is 0 Å². The first kappa shape index (κ1) is 11.4. The zero-order valence-corrected chi connectivity index (χ0v) is 7.63. The van der Waals surface area contributed by atoms with Gasteiger partial charge in [0.25, 0.3) is 0 Å². The van der Waals surface area contributed by atoms with Gasteiger partial charge in [0.15, 0.2) is 0 Å². The van der Waals surface area contributed by atoms with Crippen molar-refractivity contribution in [3.8, 4) is 5.75 Å². The number of alkyl halides is 2. The molecule has 0 aromatic heterocycles. The topological polar surface area (TPSA) is 46.5 Å². The average Bonchev–Trinajstić information content (AvgIpc) is 2.12. The second-order valence-corrected chi connectivity index (χ2v) is 2.73. The van der Waals surface area contributed by atoms with Gasteiger partial charge in [-0.3, -0.25) is 0 Å². The number of carbonyl (C=O) groups is 1. The fraction of sp³-hybridized carbons (Fsp3) is 0.222. The first-order chi connectivity index (χ1) is 6.93. The van der Waals surface area contributed by atoms with Crippen molar-refractivity contribution in [3.05, 3.63) is 29.1 Å². The summed E-state index contributed by atoms with van der Waals surface area (Å²) in [6, 6.07) is 1.76. The molecule has 0 atom stereocenters. The number of carboxylic acid groups (broad SMARTS) is 1. The van der Waals surface area contributed by atoms with Crippen molar-refractivity contribution < 1.29 is 27.8 Å². The number of ether oxygens (including phenoxy) is 1. The molecule has 0 spiro atoms. The molecule has 0 saturated heterocycles. The zero-order valence-electron chi connectivity index (χ0n) is 7.63. The number of halogens is 3. The lowest BCUT2D eigenvalue weighted by atomic mass is 10.1. The van der Waals surface area contributed by atoms with Crippen molar-refractivity contribution in [2.45, 2.75) is 13.5 Å². The predicted molar refractivity (Wildman–Crippen MR) is 44.7 cm³/mol. The molecule has 0 heterocycles. The molecule has 82 valence electrons. The van der Waals surface area contributed by atoms with Crippen LogP contribution in [0, 0.1) is 12.7 Å². The first-order valence-corrected chi connectivity index (χ1v) is 3.90. The Morgan fingerprint density at radius 2 is 2.07 bits per heavy atom. The minimum Gasteiger partial charge on any atom is -0.478 e. The fourth-order valence-electron chi connectivity index (χ4n) is 1.08. The van der Waals surface area contributed by atoms with Crippen LogP contribution in [-0.4, -0.2) is 17.7 Å². The molecular weight excluding hydrogens is 213 g/mol. The average molecular weight is 220 g/mol. The largest absolute Gasteiger partial charge is 0.478 e. The lowest BCUT2D eigenvalue weighted by Gasteiger charge is -2.11. The Morgan fingerprint density at radius 3 is 2.53 bits per heavy atom. The first-order valence-electron chi connectivity index (χ1n) is 3.90. The van der Waals surface area contributed by atoms with E-state index in [1.165, 1.54) is 6.92 Å². The SMILES string of the molecule is Cc1c(F)ccc(C(=O)O)c1OC(F)F. The Bertz CT molecular complexity index is 390. The van der Waals surface area contributed by atoms with Crippen molar-refractivity contribution in [1.82, 2.24) is 0 Å². The molecule has 1 N–H and O–H groups in total. The molecule has 15 heavy (non-hydrogen) atoms. The molecule has 1 aromatic rings. The summed E-state index contributed by atoms with van der Waals surface area (Å²) in [6.07, 6.45) is 0. The molecule has 1 rings (SSSR count). The van der Waals surface area contributed by atoms with Crippen LogP contribution < -0.4 is 4.74 Å². The molecule has 6 heteroatoms. The van der Waals surface area contributed by atoms with Gasteiger partial charge in [0.1, 0.15) is 17.1 Å². The minimum atomic E-state index is -3.19. The molecule has 0 saturated carbocycles. The van der Waals surface area contributed by atoms with Crippen LogP contribution in [0.2, 0.25) is 0 Å². The Morgan fingerprint density at radius 1 is 1.47 bits per heavy atom. The van der Waals surface area contributed by atoms with Gasteiger partial charge in [0.2, 0.25) is 0 Å². The van der Waals surface area contributed by atoms with E-state index in [9.17, 15) is 18.0 Å². The monoisotopic (exact) mass is 220 g/mol. The van der Waals surface area contributed by atoms with Crippen LogP contribution in [0.1, 0.15) is 15.9 Å². The second-order valence-electron chi connectivity index (χ2n) is 2.73. The van der Waals surface area contributed by atoms with Gasteiger partial charge in [0.05, 0.1) is 0 Å². The lowest BCUT2D eigenvalue weighted by molar-refractivity contribution is -0.0509. The van der Waals surface area contributed by atoms with Crippen LogP contribution >= 0.6 is 0 Å². The van der Waals surface area contributed by atoms with Gasteiger partial charge in [-0.05, 0) is 19.1 Å². The highest BCUT2D eigenvalue weighted by Crippen LogP contribution is 2.27. The van der Waals surface area contributed by atoms with E-state index >= 15 is 0 Å². The third kappa shape index (κ3) is 2.39. The number of hydrogen-bond acceptors (Lipinski definition) is 2. The number of aromatic carboxylic acids is 1. The molecule has 0 radical (unpaired) electrons. The molecule has 0 unspecified atom stereocenters. The van der Waals surface area contributed by atoms with E-state index in [2.05, 4.69) is 4.74 Å². The van der Waals surface area contributed by atoms with E-state index < -0.39 is 29.7 Å². The Labute approximate surface area is 83.1 Å². The van der Waals surface area contributed by atoms with Crippen LogP contribution in [0.25, 0.3) is 0 Å². The number of rotatable bonds is 3. The number of carboxylic acids is 1. The van der Waals surface area contributed by atoms with Gasteiger partial charge < -0.3 is 9.84 Å². The van der Waals surface area contributed by atoms with Crippen LogP contribution in [0.4, 0.5) is 13.2 Å². The smallest absolute Gasteiger partial charge is 0.387 e. The third-order valence-electron chi connectivity index (χ3n) is 1.78. The lowest BCUT2D eigenvalue weighted by Crippen LogP contribution is -2.10. The molecular formula is C9H7F3O3. The zero-order chi connectivity index (χ0) is 11.6. The maximum Gasteiger partial charge on any atom is 0.387 e. The highest BCUT2D eigenvalue weighted by atomic mass is 19.3. The van der Waals surface area contributed by atoms with Crippen molar-refractivity contribution in [1.29, 1.82) is 0 Å². The second kappa shape index (κ2) is 4.20. The summed E-state index contributed by atoms with van der Waals surface area (Å²) in [5.41, 5.74) is -0.746. The van der Waals surface area contributed by atoms with E-state index in [0.717, 1.165) is 12.1 Å². The highest BCUT2D eigenvalue weighted by molar-refractivity contribution is 5.91. The Kier molecular flexibility index (Phi) is 3.18. The van der Waals surface area contributed by atoms with E-state index in [1.807, 2.05) is 0 Å². The molecule has 0 aliphatic carbocycles. The van der Waals surface area contributed by atoms with E-state index in [-0.39, 0.29) is 5.56 Å². The summed E-state index contributed by atoms with van der Waals surface area (Å²) >= 11 is 0. The van der Waals surface area contributed by atoms with E-state index in [4.69, 9.17) is 5.11 Å². The third-order valence-corrected chi connectivity index (χ3v) is 1.78. The summed E-state index contributed by atoms with van der Waals surface area (Å²) < 4.78 is 40.8. The van der Waals surface area contributed by atoms with Crippen molar-refractivity contribution in [2.75, 3.05) is 0 Å². The van der Waals surface area contributed by atoms with Crippen LogP contribution in [0.3, 0.4) is 0 Å². The summed E-state index contributed by atoms with van der Waals surface area (Å²) in [4.78, 5) is 10.6. The predicted octanol–water partition coefficient (Wildman–Crippen LogP) is 2.43. The van der Waals surface area contributed by atoms with Crippen LogP contribution in [0.5, 0.6) is 5.75 Å². The summed E-state index contributed by atoms with van der Waals surface area (Å²) in [7, 11) is 0. The highest BCUT2D eigenvalue weighted by Gasteiger charge is 2.19. The maximum absolute atomic E-state index is 13.0. The van der Waals surface area contributed by atoms with Crippen LogP contribution in [-0.2, 0) is 0 Å². The van der Waals surface area contributed by atoms with Crippen molar-refractivity contribution in [3.63, 3.8) is 0 Å². The van der Waals surface area contributed by atoms with Gasteiger partial charge in [0, 0.05) is 5.56 Å². The summed E-state index contributed by atoms with van der Waals surface area (Å²) in [6.45, 7) is -2.02. The molecule has 0 aliphatic heterocycles. The number of benzene rings is 1. The van der Waals surface area contributed by atoms with E-state index in [1.54, 1.807) is 0 Å². The normalized spacial score (nSPS) is 10.5. The van der Waals surface area contributed by atoms with Crippen molar-refractivity contribution in [2.24, 2.45) is 0 Å². The molecule has 1 aromatic carbocycles. The fourth-order valence-corrected chi connectivity index (χ4v) is 1.08. The van der Waals surface area contributed by atoms with Gasteiger partial charge in [-0.2, -0.15) is 8.78 Å². The standard InChI is InChI=1S/C9H7F3O3/c1-4-6(10)3-2-5(8(13)14)7(4)15-9(11)12/h2-3,9H,1H3,(H,13,14). The van der Waals surface area contributed by atoms with Crippen LogP contribution in [0.15, 0.2) is 12.1 Å². The summed E-state index contributed by atoms with van der Waals surface area (Å²) in [5.74, 6) is -2.89.